The Morgan fingerprint density at radius 1 is 1.32 bits per heavy atom. The molecule has 0 unspecified atom stereocenters. The number of hydrogen-bond donors (Lipinski definition) is 1. The number of allylic oxidation sites excluding steroid dienone is 1. The molecule has 0 atom stereocenters. The number of non-ortho nitro benzene ring substituents is 1. The Labute approximate surface area is 113 Å². The second kappa shape index (κ2) is 5.33. The first kappa shape index (κ1) is 12.8. The minimum absolute atomic E-state index is 0.00817. The molecule has 2 rings (SSSR count). The van der Waals surface area contributed by atoms with Gasteiger partial charge in [-0.15, -0.1) is 11.3 Å². The summed E-state index contributed by atoms with van der Waals surface area (Å²) in [5.74, 6) is 0. The Hall–Kier alpha value is -2.65. The summed E-state index contributed by atoms with van der Waals surface area (Å²) >= 11 is 1.42. The van der Waals surface area contributed by atoms with Gasteiger partial charge in [0.25, 0.3) is 5.69 Å². The van der Waals surface area contributed by atoms with Crippen LogP contribution in [0.25, 0.3) is 11.3 Å². The van der Waals surface area contributed by atoms with E-state index in [9.17, 15) is 15.4 Å². The summed E-state index contributed by atoms with van der Waals surface area (Å²) in [6.45, 7) is 0. The SMILES string of the molecule is N#C/C(=C(/N)c1ccc([N+](=O)[O-])cc1)c1cccs1. The summed E-state index contributed by atoms with van der Waals surface area (Å²) < 4.78 is 0. The van der Waals surface area contributed by atoms with E-state index in [4.69, 9.17) is 5.73 Å². The highest BCUT2D eigenvalue weighted by Crippen LogP contribution is 2.26. The van der Waals surface area contributed by atoms with Crippen LogP contribution in [0.4, 0.5) is 5.69 Å². The molecule has 0 aliphatic rings. The van der Waals surface area contributed by atoms with Crippen molar-refractivity contribution in [1.82, 2.24) is 0 Å². The highest BCUT2D eigenvalue weighted by Gasteiger charge is 2.11. The number of nitro benzene ring substituents is 1. The number of nitrogens with two attached hydrogens (primary N) is 1. The van der Waals surface area contributed by atoms with E-state index in [2.05, 4.69) is 6.07 Å². The van der Waals surface area contributed by atoms with Gasteiger partial charge in [-0.05, 0) is 29.1 Å². The van der Waals surface area contributed by atoms with Crippen LogP contribution in [0, 0.1) is 21.4 Å². The van der Waals surface area contributed by atoms with Crippen molar-refractivity contribution in [2.75, 3.05) is 0 Å². The maximum absolute atomic E-state index is 10.6. The third-order valence-electron chi connectivity index (χ3n) is 2.54. The molecule has 1 aromatic heterocycles. The van der Waals surface area contributed by atoms with Gasteiger partial charge in [-0.1, -0.05) is 6.07 Å². The smallest absolute Gasteiger partial charge is 0.269 e. The number of thiophene rings is 1. The molecule has 0 fully saturated rings. The van der Waals surface area contributed by atoms with E-state index < -0.39 is 4.92 Å². The lowest BCUT2D eigenvalue weighted by Crippen LogP contribution is -2.00. The first-order chi connectivity index (χ1) is 9.13. The third kappa shape index (κ3) is 2.61. The minimum Gasteiger partial charge on any atom is -0.397 e. The van der Waals surface area contributed by atoms with Crippen molar-refractivity contribution in [3.63, 3.8) is 0 Å². The predicted octanol–water partition coefficient (Wildman–Crippen LogP) is 3.01. The Bertz CT molecular complexity index is 667. The van der Waals surface area contributed by atoms with E-state index in [0.29, 0.717) is 16.8 Å². The largest absolute Gasteiger partial charge is 0.397 e. The minimum atomic E-state index is -0.478. The molecule has 0 bridgehead atoms. The van der Waals surface area contributed by atoms with Gasteiger partial charge in [0.05, 0.1) is 16.2 Å². The summed E-state index contributed by atoms with van der Waals surface area (Å²) in [4.78, 5) is 10.9. The Balaban J connectivity index is 2.45. The van der Waals surface area contributed by atoms with E-state index in [1.807, 2.05) is 17.5 Å². The van der Waals surface area contributed by atoms with Gasteiger partial charge < -0.3 is 5.73 Å². The highest BCUT2D eigenvalue weighted by atomic mass is 32.1. The molecule has 5 nitrogen and oxygen atoms in total. The lowest BCUT2D eigenvalue weighted by Gasteiger charge is -2.04. The van der Waals surface area contributed by atoms with Gasteiger partial charge in [0, 0.05) is 17.0 Å². The topological polar surface area (TPSA) is 93.0 Å². The molecule has 0 spiro atoms. The van der Waals surface area contributed by atoms with E-state index in [1.54, 1.807) is 12.1 Å². The van der Waals surface area contributed by atoms with Crippen molar-refractivity contribution >= 4 is 28.3 Å². The van der Waals surface area contributed by atoms with Crippen LogP contribution in [0.2, 0.25) is 0 Å². The number of nitrogens with zero attached hydrogens (tertiary/aromatic N) is 2. The molecule has 0 aliphatic heterocycles. The van der Waals surface area contributed by atoms with Crippen molar-refractivity contribution < 1.29 is 4.92 Å². The molecule has 2 N–H and O–H groups in total. The fraction of sp³-hybridized carbons (Fsp3) is 0. The molecule has 94 valence electrons. The zero-order valence-electron chi connectivity index (χ0n) is 9.74. The molecule has 0 saturated heterocycles. The lowest BCUT2D eigenvalue weighted by atomic mass is 10.1. The molecule has 19 heavy (non-hydrogen) atoms. The van der Waals surface area contributed by atoms with Crippen LogP contribution in [-0.2, 0) is 0 Å². The fourth-order valence-corrected chi connectivity index (χ4v) is 2.31. The predicted molar refractivity (Wildman–Crippen MR) is 74.0 cm³/mol. The second-order valence-corrected chi connectivity index (χ2v) is 4.63. The molecule has 0 aliphatic carbocycles. The molecule has 0 radical (unpaired) electrons. The van der Waals surface area contributed by atoms with Crippen LogP contribution in [0.1, 0.15) is 10.4 Å². The average Bonchev–Trinajstić information content (AvgIpc) is 2.93. The van der Waals surface area contributed by atoms with E-state index in [0.717, 1.165) is 4.88 Å². The first-order valence-corrected chi connectivity index (χ1v) is 6.20. The molecule has 1 aromatic carbocycles. The van der Waals surface area contributed by atoms with Crippen LogP contribution >= 0.6 is 11.3 Å². The first-order valence-electron chi connectivity index (χ1n) is 5.32. The summed E-state index contributed by atoms with van der Waals surface area (Å²) in [7, 11) is 0. The standard InChI is InChI=1S/C13H9N3O2S/c14-8-11(12-2-1-7-19-12)13(15)9-3-5-10(6-4-9)16(17)18/h1-7H,15H2/b13-11-. The summed E-state index contributed by atoms with van der Waals surface area (Å²) in [5, 5.41) is 21.6. The summed E-state index contributed by atoms with van der Waals surface area (Å²) in [6, 6.07) is 11.5. The quantitative estimate of drug-likeness (QED) is 0.527. The maximum atomic E-state index is 10.6. The van der Waals surface area contributed by atoms with Gasteiger partial charge >= 0.3 is 0 Å². The van der Waals surface area contributed by atoms with Crippen molar-refractivity contribution in [2.24, 2.45) is 5.73 Å². The average molecular weight is 271 g/mol. The fourth-order valence-electron chi connectivity index (χ4n) is 1.58. The van der Waals surface area contributed by atoms with E-state index in [-0.39, 0.29) is 5.69 Å². The number of rotatable bonds is 3. The number of hydrogen-bond acceptors (Lipinski definition) is 5. The Kier molecular flexibility index (Phi) is 3.59. The Morgan fingerprint density at radius 3 is 2.47 bits per heavy atom. The summed E-state index contributed by atoms with van der Waals surface area (Å²) in [5.41, 5.74) is 7.24. The Morgan fingerprint density at radius 2 is 2.00 bits per heavy atom. The number of benzene rings is 1. The molecular formula is C13H9N3O2S. The van der Waals surface area contributed by atoms with Gasteiger partial charge in [0.15, 0.2) is 0 Å². The highest BCUT2D eigenvalue weighted by molar-refractivity contribution is 7.11. The normalized spacial score (nSPS) is 11.5. The van der Waals surface area contributed by atoms with Crippen LogP contribution in [-0.4, -0.2) is 4.92 Å². The second-order valence-electron chi connectivity index (χ2n) is 3.68. The van der Waals surface area contributed by atoms with Crippen molar-refractivity contribution in [2.45, 2.75) is 0 Å². The lowest BCUT2D eigenvalue weighted by molar-refractivity contribution is -0.384. The number of nitriles is 1. The monoisotopic (exact) mass is 271 g/mol. The van der Waals surface area contributed by atoms with Gasteiger partial charge in [-0.2, -0.15) is 5.26 Å². The van der Waals surface area contributed by atoms with E-state index in [1.165, 1.54) is 23.5 Å². The zero-order chi connectivity index (χ0) is 13.8. The van der Waals surface area contributed by atoms with Crippen LogP contribution in [0.5, 0.6) is 0 Å². The van der Waals surface area contributed by atoms with Gasteiger partial charge in [-0.25, -0.2) is 0 Å². The van der Waals surface area contributed by atoms with Crippen LogP contribution < -0.4 is 5.73 Å². The van der Waals surface area contributed by atoms with Gasteiger partial charge in [-0.3, -0.25) is 10.1 Å². The molecular weight excluding hydrogens is 262 g/mol. The van der Waals surface area contributed by atoms with Crippen molar-refractivity contribution in [3.05, 3.63) is 62.3 Å². The molecule has 0 saturated carbocycles. The zero-order valence-corrected chi connectivity index (χ0v) is 10.6. The van der Waals surface area contributed by atoms with Crippen LogP contribution in [0.15, 0.2) is 41.8 Å². The maximum Gasteiger partial charge on any atom is 0.269 e. The molecule has 0 amide bonds. The number of nitro groups is 1. The van der Waals surface area contributed by atoms with Gasteiger partial charge in [0.2, 0.25) is 0 Å². The molecule has 6 heteroatoms. The van der Waals surface area contributed by atoms with Gasteiger partial charge in [0.1, 0.15) is 6.07 Å². The summed E-state index contributed by atoms with van der Waals surface area (Å²) in [6.07, 6.45) is 0. The third-order valence-corrected chi connectivity index (χ3v) is 3.43. The molecule has 1 heterocycles. The van der Waals surface area contributed by atoms with Crippen molar-refractivity contribution in [1.29, 1.82) is 5.26 Å². The van der Waals surface area contributed by atoms with E-state index >= 15 is 0 Å². The van der Waals surface area contributed by atoms with Crippen molar-refractivity contribution in [3.8, 4) is 6.07 Å². The molecule has 2 aromatic rings. The van der Waals surface area contributed by atoms with Crippen LogP contribution in [0.3, 0.4) is 0 Å².